The molecule has 0 aromatic rings. The third-order valence-electron chi connectivity index (χ3n) is 3.84. The van der Waals surface area contributed by atoms with Crippen LogP contribution in [0.4, 0.5) is 0 Å². The van der Waals surface area contributed by atoms with E-state index in [1.54, 1.807) is 0 Å². The lowest BCUT2D eigenvalue weighted by molar-refractivity contribution is -0.136. The molecule has 1 aliphatic heterocycles. The molecule has 2 fully saturated rings. The molecule has 1 spiro atoms. The molecule has 1 saturated heterocycles. The first-order valence-electron chi connectivity index (χ1n) is 6.25. The summed E-state index contributed by atoms with van der Waals surface area (Å²) in [6.07, 6.45) is 6.97. The Morgan fingerprint density at radius 3 is 2.93 bits per heavy atom. The van der Waals surface area contributed by atoms with Crippen LogP contribution in [0.2, 0.25) is 0 Å². The van der Waals surface area contributed by atoms with Crippen LogP contribution < -0.4 is 5.32 Å². The van der Waals surface area contributed by atoms with Crippen molar-refractivity contribution in [1.82, 2.24) is 5.32 Å². The van der Waals surface area contributed by atoms with E-state index in [0.717, 1.165) is 19.4 Å². The smallest absolute Gasteiger partial charge is 0.0697 e. The highest BCUT2D eigenvalue weighted by atomic mass is 16.5. The van der Waals surface area contributed by atoms with Gasteiger partial charge in [-0.25, -0.2) is 0 Å². The van der Waals surface area contributed by atoms with Crippen LogP contribution in [0.1, 0.15) is 45.4 Å². The fourth-order valence-electron chi connectivity index (χ4n) is 2.77. The van der Waals surface area contributed by atoms with Gasteiger partial charge in [-0.05, 0) is 45.4 Å². The quantitative estimate of drug-likeness (QED) is 0.742. The highest BCUT2D eigenvalue weighted by Crippen LogP contribution is 2.42. The molecule has 0 aromatic carbocycles. The molecule has 2 aliphatic rings. The maximum Gasteiger partial charge on any atom is 0.0697 e. The van der Waals surface area contributed by atoms with Crippen LogP contribution in [0, 0.1) is 0 Å². The molecule has 0 aromatic heterocycles. The van der Waals surface area contributed by atoms with Crippen LogP contribution in [0.3, 0.4) is 0 Å². The van der Waals surface area contributed by atoms with Gasteiger partial charge in [-0.15, -0.1) is 0 Å². The van der Waals surface area contributed by atoms with E-state index in [-0.39, 0.29) is 12.2 Å². The van der Waals surface area contributed by atoms with Crippen LogP contribution in [0.25, 0.3) is 0 Å². The monoisotopic (exact) mass is 213 g/mol. The predicted molar refractivity (Wildman–Crippen MR) is 59.9 cm³/mol. The van der Waals surface area contributed by atoms with E-state index in [2.05, 4.69) is 12.2 Å². The summed E-state index contributed by atoms with van der Waals surface area (Å²) in [6.45, 7) is 3.34. The van der Waals surface area contributed by atoms with Crippen molar-refractivity contribution >= 4 is 0 Å². The molecule has 15 heavy (non-hydrogen) atoms. The van der Waals surface area contributed by atoms with Crippen molar-refractivity contribution in [3.8, 4) is 0 Å². The Kier molecular flexibility index (Phi) is 3.65. The van der Waals surface area contributed by atoms with Gasteiger partial charge < -0.3 is 15.2 Å². The number of hydrogen-bond acceptors (Lipinski definition) is 3. The van der Waals surface area contributed by atoms with Gasteiger partial charge in [0.2, 0.25) is 0 Å². The van der Waals surface area contributed by atoms with E-state index in [0.29, 0.717) is 12.1 Å². The summed E-state index contributed by atoms with van der Waals surface area (Å²) in [7, 11) is 0. The lowest BCUT2D eigenvalue weighted by Gasteiger charge is -2.47. The number of aliphatic hydroxyl groups excluding tert-OH is 1. The number of hydrogen-bond donors (Lipinski definition) is 2. The molecule has 2 rings (SSSR count). The van der Waals surface area contributed by atoms with Crippen LogP contribution in [-0.4, -0.2) is 36.0 Å². The van der Waals surface area contributed by atoms with Gasteiger partial charge in [-0.2, -0.15) is 0 Å². The SMILES string of the molecule is CC(CCO)NC1CCOC2(CCC2)C1. The summed E-state index contributed by atoms with van der Waals surface area (Å²) in [5.74, 6) is 0. The minimum absolute atomic E-state index is 0.231. The van der Waals surface area contributed by atoms with Gasteiger partial charge in [-0.1, -0.05) is 0 Å². The molecule has 0 radical (unpaired) electrons. The highest BCUT2D eigenvalue weighted by molar-refractivity contribution is 4.96. The second-order valence-corrected chi connectivity index (χ2v) is 5.15. The fraction of sp³-hybridized carbons (Fsp3) is 1.00. The number of ether oxygens (including phenoxy) is 1. The lowest BCUT2D eigenvalue weighted by atomic mass is 9.74. The summed E-state index contributed by atoms with van der Waals surface area (Å²) in [5.41, 5.74) is 0.231. The third kappa shape index (κ3) is 2.71. The Morgan fingerprint density at radius 1 is 1.53 bits per heavy atom. The molecule has 1 saturated carbocycles. The normalized spacial score (nSPS) is 31.2. The minimum atomic E-state index is 0.231. The molecule has 0 bridgehead atoms. The Morgan fingerprint density at radius 2 is 2.33 bits per heavy atom. The molecule has 3 nitrogen and oxygen atoms in total. The van der Waals surface area contributed by atoms with Crippen LogP contribution in [0.15, 0.2) is 0 Å². The van der Waals surface area contributed by atoms with Crippen molar-refractivity contribution < 1.29 is 9.84 Å². The number of aliphatic hydroxyl groups is 1. The van der Waals surface area contributed by atoms with Crippen molar-refractivity contribution in [3.63, 3.8) is 0 Å². The Hall–Kier alpha value is -0.120. The van der Waals surface area contributed by atoms with Crippen molar-refractivity contribution in [2.75, 3.05) is 13.2 Å². The van der Waals surface area contributed by atoms with E-state index >= 15 is 0 Å². The molecular weight excluding hydrogens is 190 g/mol. The van der Waals surface area contributed by atoms with Gasteiger partial charge >= 0.3 is 0 Å². The summed E-state index contributed by atoms with van der Waals surface area (Å²) in [4.78, 5) is 0. The average molecular weight is 213 g/mol. The van der Waals surface area contributed by atoms with Crippen LogP contribution >= 0.6 is 0 Å². The van der Waals surface area contributed by atoms with E-state index in [9.17, 15) is 0 Å². The highest BCUT2D eigenvalue weighted by Gasteiger charge is 2.42. The minimum Gasteiger partial charge on any atom is -0.396 e. The molecule has 2 N–H and O–H groups in total. The molecule has 2 atom stereocenters. The van der Waals surface area contributed by atoms with Crippen LogP contribution in [0.5, 0.6) is 0 Å². The summed E-state index contributed by atoms with van der Waals surface area (Å²) < 4.78 is 5.88. The van der Waals surface area contributed by atoms with E-state index < -0.39 is 0 Å². The first-order valence-corrected chi connectivity index (χ1v) is 6.25. The van der Waals surface area contributed by atoms with Crippen molar-refractivity contribution in [2.45, 2.75) is 63.1 Å². The van der Waals surface area contributed by atoms with Crippen molar-refractivity contribution in [2.24, 2.45) is 0 Å². The van der Waals surface area contributed by atoms with Gasteiger partial charge in [0, 0.05) is 25.3 Å². The van der Waals surface area contributed by atoms with Gasteiger partial charge in [0.25, 0.3) is 0 Å². The average Bonchev–Trinajstić information content (AvgIpc) is 2.16. The standard InChI is InChI=1S/C12H23NO2/c1-10(3-7-14)13-11-4-8-15-12(9-11)5-2-6-12/h10-11,13-14H,2-9H2,1H3. The Balaban J connectivity index is 1.77. The van der Waals surface area contributed by atoms with E-state index in [1.165, 1.54) is 25.7 Å². The molecule has 0 amide bonds. The molecule has 1 aliphatic carbocycles. The predicted octanol–water partition coefficient (Wildman–Crippen LogP) is 1.45. The van der Waals surface area contributed by atoms with Crippen LogP contribution in [-0.2, 0) is 4.74 Å². The topological polar surface area (TPSA) is 41.5 Å². The second-order valence-electron chi connectivity index (χ2n) is 5.15. The Labute approximate surface area is 92.2 Å². The van der Waals surface area contributed by atoms with E-state index in [4.69, 9.17) is 9.84 Å². The largest absolute Gasteiger partial charge is 0.396 e. The van der Waals surface area contributed by atoms with Gasteiger partial charge in [0.15, 0.2) is 0 Å². The summed E-state index contributed by atoms with van der Waals surface area (Å²) >= 11 is 0. The summed E-state index contributed by atoms with van der Waals surface area (Å²) in [6, 6.07) is 1.02. The maximum absolute atomic E-state index is 8.86. The number of rotatable bonds is 4. The molecule has 2 unspecified atom stereocenters. The van der Waals surface area contributed by atoms with Gasteiger partial charge in [0.1, 0.15) is 0 Å². The van der Waals surface area contributed by atoms with Gasteiger partial charge in [-0.3, -0.25) is 0 Å². The molecular formula is C12H23NO2. The summed E-state index contributed by atoms with van der Waals surface area (Å²) in [5, 5.41) is 12.5. The zero-order valence-corrected chi connectivity index (χ0v) is 9.67. The lowest BCUT2D eigenvalue weighted by Crippen LogP contribution is -2.52. The zero-order valence-electron chi connectivity index (χ0n) is 9.67. The molecule has 1 heterocycles. The molecule has 88 valence electrons. The first kappa shape index (κ1) is 11.4. The molecule has 3 heteroatoms. The Bertz CT molecular complexity index is 204. The van der Waals surface area contributed by atoms with Gasteiger partial charge in [0.05, 0.1) is 5.60 Å². The fourth-order valence-corrected chi connectivity index (χ4v) is 2.77. The van der Waals surface area contributed by atoms with Crippen molar-refractivity contribution in [3.05, 3.63) is 0 Å². The number of nitrogens with one attached hydrogen (secondary N) is 1. The zero-order chi connectivity index (χ0) is 10.7. The maximum atomic E-state index is 8.86. The second kappa shape index (κ2) is 4.81. The van der Waals surface area contributed by atoms with Crippen molar-refractivity contribution in [1.29, 1.82) is 0 Å². The van der Waals surface area contributed by atoms with E-state index in [1.807, 2.05) is 0 Å². The third-order valence-corrected chi connectivity index (χ3v) is 3.84. The first-order chi connectivity index (χ1) is 7.24.